The first-order valence-corrected chi connectivity index (χ1v) is 9.59. The zero-order valence-electron chi connectivity index (χ0n) is 16.5. The number of hydrogen-bond acceptors (Lipinski definition) is 4. The van der Waals surface area contributed by atoms with Crippen molar-refractivity contribution in [2.24, 2.45) is 0 Å². The van der Waals surface area contributed by atoms with E-state index in [0.717, 1.165) is 12.0 Å². The van der Waals surface area contributed by atoms with Gasteiger partial charge in [0.1, 0.15) is 6.54 Å². The predicted octanol–water partition coefficient (Wildman–Crippen LogP) is 2.24. The number of nitrogens with zero attached hydrogens (tertiary/aromatic N) is 2. The van der Waals surface area contributed by atoms with Gasteiger partial charge in [-0.1, -0.05) is 31.2 Å². The third-order valence-corrected chi connectivity index (χ3v) is 4.72. The lowest BCUT2D eigenvalue weighted by molar-refractivity contribution is -0.121. The molecule has 0 spiro atoms. The Labute approximate surface area is 168 Å². The fourth-order valence-corrected chi connectivity index (χ4v) is 2.91. The second-order valence-corrected chi connectivity index (χ2v) is 6.93. The van der Waals surface area contributed by atoms with Crippen molar-refractivity contribution in [2.45, 2.75) is 39.4 Å². The maximum atomic E-state index is 12.4. The van der Waals surface area contributed by atoms with Crippen molar-refractivity contribution >= 4 is 22.8 Å². The van der Waals surface area contributed by atoms with Crippen molar-refractivity contribution in [3.05, 3.63) is 76.2 Å². The average molecular weight is 392 g/mol. The van der Waals surface area contributed by atoms with Crippen LogP contribution in [0.3, 0.4) is 0 Å². The topological polar surface area (TPSA) is 93.1 Å². The summed E-state index contributed by atoms with van der Waals surface area (Å²) in [5.74, 6) is -0.430. The summed E-state index contributed by atoms with van der Waals surface area (Å²) in [5, 5.41) is 5.73. The number of amides is 2. The third-order valence-electron chi connectivity index (χ3n) is 4.72. The molecule has 0 radical (unpaired) electrons. The van der Waals surface area contributed by atoms with Crippen LogP contribution >= 0.6 is 0 Å². The Kier molecular flexibility index (Phi) is 6.39. The summed E-state index contributed by atoms with van der Waals surface area (Å²) in [4.78, 5) is 40.9. The zero-order chi connectivity index (χ0) is 20.8. The summed E-state index contributed by atoms with van der Waals surface area (Å²) >= 11 is 0. The molecule has 1 atom stereocenters. The number of carbonyl (C=O) groups excluding carboxylic acids is 2. The third kappa shape index (κ3) is 5.07. The molecule has 29 heavy (non-hydrogen) atoms. The Morgan fingerprint density at radius 1 is 1.14 bits per heavy atom. The second kappa shape index (κ2) is 9.14. The summed E-state index contributed by atoms with van der Waals surface area (Å²) in [6.07, 6.45) is 2.07. The largest absolute Gasteiger partial charge is 0.350 e. The van der Waals surface area contributed by atoms with Gasteiger partial charge >= 0.3 is 0 Å². The minimum absolute atomic E-state index is 0.0966. The van der Waals surface area contributed by atoms with Gasteiger partial charge in [-0.25, -0.2) is 4.98 Å². The van der Waals surface area contributed by atoms with Crippen LogP contribution in [0, 0.1) is 0 Å². The van der Waals surface area contributed by atoms with Crippen LogP contribution in [-0.2, 0) is 17.9 Å². The van der Waals surface area contributed by atoms with Crippen LogP contribution in [-0.4, -0.2) is 27.4 Å². The monoisotopic (exact) mass is 392 g/mol. The Hall–Kier alpha value is -3.48. The molecule has 0 aliphatic heterocycles. The number of carbonyl (C=O) groups is 2. The lowest BCUT2D eigenvalue weighted by Crippen LogP contribution is -2.33. The van der Waals surface area contributed by atoms with Crippen molar-refractivity contribution in [2.75, 3.05) is 0 Å². The van der Waals surface area contributed by atoms with E-state index in [1.807, 2.05) is 26.0 Å². The molecule has 0 fully saturated rings. The Morgan fingerprint density at radius 3 is 2.72 bits per heavy atom. The summed E-state index contributed by atoms with van der Waals surface area (Å²) in [6.45, 7) is 4.12. The number of hydrogen-bond donors (Lipinski definition) is 2. The van der Waals surface area contributed by atoms with E-state index in [1.54, 1.807) is 36.4 Å². The van der Waals surface area contributed by atoms with Crippen molar-refractivity contribution in [3.8, 4) is 0 Å². The molecule has 0 aliphatic rings. The normalized spacial score (nSPS) is 11.8. The van der Waals surface area contributed by atoms with Gasteiger partial charge in [0.2, 0.25) is 5.91 Å². The van der Waals surface area contributed by atoms with Crippen LogP contribution < -0.4 is 16.2 Å². The molecule has 0 saturated carbocycles. The number of rotatable bonds is 7. The molecule has 150 valence electrons. The lowest BCUT2D eigenvalue weighted by Gasteiger charge is -2.13. The van der Waals surface area contributed by atoms with Crippen LogP contribution in [0.4, 0.5) is 0 Å². The molecule has 3 rings (SSSR count). The number of nitrogens with one attached hydrogen (secondary N) is 2. The van der Waals surface area contributed by atoms with Gasteiger partial charge in [-0.05, 0) is 43.2 Å². The minimum Gasteiger partial charge on any atom is -0.350 e. The van der Waals surface area contributed by atoms with Crippen LogP contribution in [0.5, 0.6) is 0 Å². The Morgan fingerprint density at radius 2 is 1.93 bits per heavy atom. The lowest BCUT2D eigenvalue weighted by atomic mass is 10.1. The first-order chi connectivity index (χ1) is 14.0. The van der Waals surface area contributed by atoms with E-state index in [-0.39, 0.29) is 36.5 Å². The number of para-hydroxylation sites is 2. The predicted molar refractivity (Wildman–Crippen MR) is 112 cm³/mol. The molecule has 1 heterocycles. The molecular formula is C22H24N4O3. The molecular weight excluding hydrogens is 368 g/mol. The summed E-state index contributed by atoms with van der Waals surface area (Å²) in [7, 11) is 0. The van der Waals surface area contributed by atoms with Crippen molar-refractivity contribution in [1.29, 1.82) is 0 Å². The standard InChI is InChI=1S/C22H24N4O3/c1-3-15(2)25-22(29)17-8-6-7-16(11-17)12-24-20(27)14-26-19-10-5-4-9-18(19)23-13-21(26)28/h4-11,13,15H,3,12,14H2,1-2H3,(H,24,27)(H,25,29). The van der Waals surface area contributed by atoms with Crippen molar-refractivity contribution in [1.82, 2.24) is 20.2 Å². The molecule has 7 nitrogen and oxygen atoms in total. The van der Waals surface area contributed by atoms with Gasteiger partial charge in [0.05, 0.1) is 17.2 Å². The second-order valence-electron chi connectivity index (χ2n) is 6.93. The molecule has 0 aliphatic carbocycles. The Balaban J connectivity index is 1.66. The molecule has 0 bridgehead atoms. The summed E-state index contributed by atoms with van der Waals surface area (Å²) in [6, 6.07) is 14.4. The van der Waals surface area contributed by atoms with E-state index >= 15 is 0 Å². The maximum Gasteiger partial charge on any atom is 0.269 e. The molecule has 1 aromatic heterocycles. The summed E-state index contributed by atoms with van der Waals surface area (Å²) < 4.78 is 1.40. The van der Waals surface area contributed by atoms with E-state index in [2.05, 4.69) is 15.6 Å². The highest BCUT2D eigenvalue weighted by Crippen LogP contribution is 2.09. The molecule has 7 heteroatoms. The van der Waals surface area contributed by atoms with Gasteiger partial charge in [0.15, 0.2) is 0 Å². The van der Waals surface area contributed by atoms with Gasteiger partial charge in [0, 0.05) is 18.2 Å². The number of benzene rings is 2. The van der Waals surface area contributed by atoms with Crippen molar-refractivity contribution in [3.63, 3.8) is 0 Å². The molecule has 2 amide bonds. The average Bonchev–Trinajstić information content (AvgIpc) is 2.74. The molecule has 1 unspecified atom stereocenters. The van der Waals surface area contributed by atoms with Crippen LogP contribution in [0.15, 0.2) is 59.5 Å². The van der Waals surface area contributed by atoms with Gasteiger partial charge in [-0.15, -0.1) is 0 Å². The van der Waals surface area contributed by atoms with E-state index in [0.29, 0.717) is 16.6 Å². The Bertz CT molecular complexity index is 1090. The van der Waals surface area contributed by atoms with Crippen LogP contribution in [0.1, 0.15) is 36.2 Å². The number of fused-ring (bicyclic) bond motifs is 1. The molecule has 2 aromatic carbocycles. The van der Waals surface area contributed by atoms with E-state index in [9.17, 15) is 14.4 Å². The van der Waals surface area contributed by atoms with E-state index in [1.165, 1.54) is 10.8 Å². The molecule has 2 N–H and O–H groups in total. The first kappa shape index (κ1) is 20.3. The van der Waals surface area contributed by atoms with Crippen LogP contribution in [0.2, 0.25) is 0 Å². The number of aromatic nitrogens is 2. The molecule has 0 saturated heterocycles. The zero-order valence-corrected chi connectivity index (χ0v) is 16.5. The van der Waals surface area contributed by atoms with E-state index < -0.39 is 0 Å². The van der Waals surface area contributed by atoms with Gasteiger partial charge in [-0.3, -0.25) is 19.0 Å². The first-order valence-electron chi connectivity index (χ1n) is 9.59. The summed E-state index contributed by atoms with van der Waals surface area (Å²) in [5.41, 5.74) is 2.29. The highest BCUT2D eigenvalue weighted by Gasteiger charge is 2.11. The van der Waals surface area contributed by atoms with Gasteiger partial charge in [0.25, 0.3) is 11.5 Å². The SMILES string of the molecule is CCC(C)NC(=O)c1cccc(CNC(=O)Cn2c(=O)cnc3ccccc32)c1. The van der Waals surface area contributed by atoms with Crippen molar-refractivity contribution < 1.29 is 9.59 Å². The highest BCUT2D eigenvalue weighted by molar-refractivity contribution is 5.94. The van der Waals surface area contributed by atoms with Gasteiger partial charge < -0.3 is 10.6 Å². The molecule has 3 aromatic rings. The highest BCUT2D eigenvalue weighted by atomic mass is 16.2. The quantitative estimate of drug-likeness (QED) is 0.645. The fraction of sp³-hybridized carbons (Fsp3) is 0.273. The minimum atomic E-state index is -0.331. The van der Waals surface area contributed by atoms with Gasteiger partial charge in [-0.2, -0.15) is 0 Å². The van der Waals surface area contributed by atoms with E-state index in [4.69, 9.17) is 0 Å². The smallest absolute Gasteiger partial charge is 0.269 e. The maximum absolute atomic E-state index is 12.4. The van der Waals surface area contributed by atoms with Crippen LogP contribution in [0.25, 0.3) is 11.0 Å². The fourth-order valence-electron chi connectivity index (χ4n) is 2.91.